The maximum Gasteiger partial charge on any atom is 0.123 e. The van der Waals surface area contributed by atoms with Crippen LogP contribution in [0.5, 0.6) is 0 Å². The van der Waals surface area contributed by atoms with E-state index in [2.05, 4.69) is 51.2 Å². The molecule has 0 aliphatic heterocycles. The molecule has 1 unspecified atom stereocenters. The molecule has 0 bridgehead atoms. The molecule has 0 amide bonds. The molecule has 2 heteroatoms. The zero-order valence-electron chi connectivity index (χ0n) is 12.6. The van der Waals surface area contributed by atoms with Gasteiger partial charge in [-0.25, -0.2) is 4.39 Å². The number of nitrogens with one attached hydrogen (secondary N) is 1. The summed E-state index contributed by atoms with van der Waals surface area (Å²) in [5.74, 6) is -0.188. The number of benzene rings is 2. The Balaban J connectivity index is 2.56. The minimum absolute atomic E-state index is 0.188. The van der Waals surface area contributed by atoms with Gasteiger partial charge in [-0.15, -0.1) is 0 Å². The van der Waals surface area contributed by atoms with Crippen molar-refractivity contribution < 1.29 is 4.39 Å². The van der Waals surface area contributed by atoms with Crippen LogP contribution in [0.25, 0.3) is 11.1 Å². The molecule has 0 saturated carbocycles. The summed E-state index contributed by atoms with van der Waals surface area (Å²) in [6, 6.07) is 11.6. The molecule has 0 aromatic heterocycles. The first-order valence-electron chi connectivity index (χ1n) is 7.12. The third-order valence-corrected chi connectivity index (χ3v) is 3.52. The van der Waals surface area contributed by atoms with Crippen molar-refractivity contribution in [2.75, 3.05) is 6.54 Å². The lowest BCUT2D eigenvalue weighted by Gasteiger charge is -2.18. The standard InChI is InChI=1S/C18H22FN/c1-5-20-14(4)17-7-6-16(19)11-18(17)15-9-12(2)8-13(3)10-15/h6-11,14,20H,5H2,1-4H3. The second-order valence-electron chi connectivity index (χ2n) is 5.39. The Kier molecular flexibility index (Phi) is 4.56. The van der Waals surface area contributed by atoms with Crippen LogP contribution in [0.2, 0.25) is 0 Å². The van der Waals surface area contributed by atoms with E-state index in [0.717, 1.165) is 23.2 Å². The maximum atomic E-state index is 13.7. The Bertz CT molecular complexity index is 584. The summed E-state index contributed by atoms with van der Waals surface area (Å²) in [4.78, 5) is 0. The highest BCUT2D eigenvalue weighted by Gasteiger charge is 2.12. The van der Waals surface area contributed by atoms with Crippen LogP contribution in [0, 0.1) is 19.7 Å². The van der Waals surface area contributed by atoms with E-state index in [1.165, 1.54) is 17.2 Å². The van der Waals surface area contributed by atoms with Gasteiger partial charge >= 0.3 is 0 Å². The third kappa shape index (κ3) is 3.26. The summed E-state index contributed by atoms with van der Waals surface area (Å²) in [7, 11) is 0. The molecule has 0 aliphatic rings. The van der Waals surface area contributed by atoms with Crippen LogP contribution in [0.3, 0.4) is 0 Å². The normalized spacial score (nSPS) is 12.4. The van der Waals surface area contributed by atoms with Gasteiger partial charge in [-0.3, -0.25) is 0 Å². The second-order valence-corrected chi connectivity index (χ2v) is 5.39. The third-order valence-electron chi connectivity index (χ3n) is 3.52. The van der Waals surface area contributed by atoms with Crippen molar-refractivity contribution in [2.45, 2.75) is 33.7 Å². The minimum Gasteiger partial charge on any atom is -0.310 e. The van der Waals surface area contributed by atoms with E-state index < -0.39 is 0 Å². The van der Waals surface area contributed by atoms with Gasteiger partial charge < -0.3 is 5.32 Å². The SMILES string of the molecule is CCNC(C)c1ccc(F)cc1-c1cc(C)cc(C)c1. The summed E-state index contributed by atoms with van der Waals surface area (Å²) in [5.41, 5.74) is 5.60. The molecule has 1 nitrogen and oxygen atoms in total. The van der Waals surface area contributed by atoms with E-state index in [-0.39, 0.29) is 11.9 Å². The van der Waals surface area contributed by atoms with E-state index in [1.54, 1.807) is 6.07 Å². The molecule has 20 heavy (non-hydrogen) atoms. The number of hydrogen-bond acceptors (Lipinski definition) is 1. The fraction of sp³-hybridized carbons (Fsp3) is 0.333. The average molecular weight is 271 g/mol. The van der Waals surface area contributed by atoms with E-state index in [9.17, 15) is 4.39 Å². The maximum absolute atomic E-state index is 13.7. The van der Waals surface area contributed by atoms with Crippen molar-refractivity contribution in [2.24, 2.45) is 0 Å². The molecule has 0 aliphatic carbocycles. The smallest absolute Gasteiger partial charge is 0.123 e. The fourth-order valence-electron chi connectivity index (χ4n) is 2.70. The van der Waals surface area contributed by atoms with Gasteiger partial charge in [0.05, 0.1) is 0 Å². The molecule has 2 aromatic rings. The molecular formula is C18H22FN. The summed E-state index contributed by atoms with van der Waals surface area (Å²) in [6.07, 6.45) is 0. The van der Waals surface area contributed by atoms with Gasteiger partial charge in [0, 0.05) is 6.04 Å². The van der Waals surface area contributed by atoms with Crippen molar-refractivity contribution in [1.29, 1.82) is 0 Å². The van der Waals surface area contributed by atoms with Crippen LogP contribution in [0.4, 0.5) is 4.39 Å². The van der Waals surface area contributed by atoms with Crippen molar-refractivity contribution in [3.05, 3.63) is 58.9 Å². The van der Waals surface area contributed by atoms with Gasteiger partial charge in [-0.1, -0.05) is 42.3 Å². The molecule has 0 saturated heterocycles. The van der Waals surface area contributed by atoms with Gasteiger partial charge in [-0.05, 0) is 56.1 Å². The highest BCUT2D eigenvalue weighted by atomic mass is 19.1. The van der Waals surface area contributed by atoms with E-state index in [1.807, 2.05) is 6.07 Å². The number of rotatable bonds is 4. The average Bonchev–Trinajstić information content (AvgIpc) is 2.37. The van der Waals surface area contributed by atoms with E-state index >= 15 is 0 Å². The van der Waals surface area contributed by atoms with Crippen LogP contribution in [0.15, 0.2) is 36.4 Å². The predicted molar refractivity (Wildman–Crippen MR) is 83.4 cm³/mol. The van der Waals surface area contributed by atoms with E-state index in [0.29, 0.717) is 0 Å². The highest BCUT2D eigenvalue weighted by Crippen LogP contribution is 2.30. The quantitative estimate of drug-likeness (QED) is 0.843. The first-order chi connectivity index (χ1) is 9.51. The van der Waals surface area contributed by atoms with Crippen molar-refractivity contribution in [3.8, 4) is 11.1 Å². The molecule has 0 heterocycles. The Morgan fingerprint density at radius 1 is 1.05 bits per heavy atom. The molecule has 0 radical (unpaired) electrons. The molecule has 106 valence electrons. The fourth-order valence-corrected chi connectivity index (χ4v) is 2.70. The van der Waals surface area contributed by atoms with Crippen LogP contribution in [-0.2, 0) is 0 Å². The summed E-state index contributed by atoms with van der Waals surface area (Å²) >= 11 is 0. The molecule has 1 atom stereocenters. The Morgan fingerprint density at radius 2 is 1.70 bits per heavy atom. The topological polar surface area (TPSA) is 12.0 Å². The number of hydrogen-bond donors (Lipinski definition) is 1. The van der Waals surface area contributed by atoms with E-state index in [4.69, 9.17) is 0 Å². The minimum atomic E-state index is -0.188. The Morgan fingerprint density at radius 3 is 2.30 bits per heavy atom. The summed E-state index contributed by atoms with van der Waals surface area (Å²) < 4.78 is 13.7. The van der Waals surface area contributed by atoms with Gasteiger partial charge in [0.25, 0.3) is 0 Å². The molecule has 1 N–H and O–H groups in total. The molecular weight excluding hydrogens is 249 g/mol. The first-order valence-corrected chi connectivity index (χ1v) is 7.12. The van der Waals surface area contributed by atoms with Crippen molar-refractivity contribution in [3.63, 3.8) is 0 Å². The summed E-state index contributed by atoms with van der Waals surface area (Å²) in [6.45, 7) is 9.23. The predicted octanol–water partition coefficient (Wildman–Crippen LogP) is 4.78. The zero-order chi connectivity index (χ0) is 14.7. The molecule has 2 aromatic carbocycles. The van der Waals surface area contributed by atoms with Crippen molar-refractivity contribution >= 4 is 0 Å². The number of halogens is 1. The summed E-state index contributed by atoms with van der Waals surface area (Å²) in [5, 5.41) is 3.40. The lowest BCUT2D eigenvalue weighted by Crippen LogP contribution is -2.18. The zero-order valence-corrected chi connectivity index (χ0v) is 12.6. The largest absolute Gasteiger partial charge is 0.310 e. The molecule has 0 fully saturated rings. The van der Waals surface area contributed by atoms with Gasteiger partial charge in [0.2, 0.25) is 0 Å². The van der Waals surface area contributed by atoms with Crippen molar-refractivity contribution in [1.82, 2.24) is 5.32 Å². The van der Waals surface area contributed by atoms with Crippen LogP contribution < -0.4 is 5.32 Å². The first kappa shape index (κ1) is 14.7. The van der Waals surface area contributed by atoms with Gasteiger partial charge in [0.1, 0.15) is 5.82 Å². The molecule has 2 rings (SSSR count). The van der Waals surface area contributed by atoms with Crippen LogP contribution >= 0.6 is 0 Å². The monoisotopic (exact) mass is 271 g/mol. The van der Waals surface area contributed by atoms with Gasteiger partial charge in [0.15, 0.2) is 0 Å². The Hall–Kier alpha value is -1.67. The highest BCUT2D eigenvalue weighted by molar-refractivity contribution is 5.69. The second kappa shape index (κ2) is 6.19. The lowest BCUT2D eigenvalue weighted by molar-refractivity contribution is 0.593. The lowest BCUT2D eigenvalue weighted by atomic mass is 9.93. The van der Waals surface area contributed by atoms with Gasteiger partial charge in [-0.2, -0.15) is 0 Å². The molecule has 0 spiro atoms. The Labute approximate surface area is 120 Å². The van der Waals surface area contributed by atoms with Crippen LogP contribution in [0.1, 0.15) is 36.6 Å². The number of aryl methyl sites for hydroxylation is 2. The van der Waals surface area contributed by atoms with Crippen LogP contribution in [-0.4, -0.2) is 6.54 Å².